The second-order valence-electron chi connectivity index (χ2n) is 6.64. The zero-order chi connectivity index (χ0) is 22.5. The number of halogens is 3. The molecule has 2 aromatic carbocycles. The normalized spacial score (nSPS) is 11.5. The molecule has 1 N–H and O–H groups in total. The van der Waals surface area contributed by atoms with Gasteiger partial charge in [-0.05, 0) is 68.0 Å². The molecule has 158 valence electrons. The second-order valence-corrected chi connectivity index (χ2v) is 7.70. The number of nitriles is 1. The molecule has 3 rings (SSSR count). The maximum atomic E-state index is 14.2. The average molecular weight is 441 g/mol. The van der Waals surface area contributed by atoms with Gasteiger partial charge in [-0.1, -0.05) is 23.9 Å². The molecule has 1 amide bonds. The van der Waals surface area contributed by atoms with Gasteiger partial charge in [0, 0.05) is 22.0 Å². The van der Waals surface area contributed by atoms with E-state index in [1.54, 1.807) is 35.8 Å². The maximum absolute atomic E-state index is 14.2. The van der Waals surface area contributed by atoms with E-state index in [9.17, 15) is 23.2 Å². The van der Waals surface area contributed by atoms with Crippen LogP contribution in [0.3, 0.4) is 0 Å². The van der Waals surface area contributed by atoms with Gasteiger partial charge in [0.1, 0.15) is 17.5 Å². The summed E-state index contributed by atoms with van der Waals surface area (Å²) < 4.78 is 40.8. The van der Waals surface area contributed by atoms with E-state index < -0.39 is 11.7 Å². The van der Waals surface area contributed by atoms with Gasteiger partial charge in [0.05, 0.1) is 5.69 Å². The van der Waals surface area contributed by atoms with Crippen molar-refractivity contribution >= 4 is 29.4 Å². The van der Waals surface area contributed by atoms with E-state index in [2.05, 4.69) is 5.32 Å². The Kier molecular flexibility index (Phi) is 6.88. The monoisotopic (exact) mass is 441 g/mol. The molecule has 0 aliphatic rings. The molecule has 1 heterocycles. The number of alkyl halides is 2. The lowest BCUT2D eigenvalue weighted by Gasteiger charge is -2.10. The zero-order valence-corrected chi connectivity index (χ0v) is 17.5. The van der Waals surface area contributed by atoms with E-state index in [1.807, 2.05) is 13.0 Å². The van der Waals surface area contributed by atoms with Crippen molar-refractivity contribution in [2.24, 2.45) is 0 Å². The number of hydrogen-bond acceptors (Lipinski definition) is 3. The van der Waals surface area contributed by atoms with Gasteiger partial charge < -0.3 is 9.88 Å². The van der Waals surface area contributed by atoms with Gasteiger partial charge in [-0.25, -0.2) is 4.39 Å². The van der Waals surface area contributed by atoms with Gasteiger partial charge in [-0.2, -0.15) is 14.0 Å². The largest absolute Gasteiger partial charge is 0.321 e. The Morgan fingerprint density at radius 3 is 2.45 bits per heavy atom. The van der Waals surface area contributed by atoms with Crippen LogP contribution in [-0.2, 0) is 4.79 Å². The fourth-order valence-electron chi connectivity index (χ4n) is 3.16. The van der Waals surface area contributed by atoms with Crippen molar-refractivity contribution in [3.05, 3.63) is 82.9 Å². The van der Waals surface area contributed by atoms with Crippen molar-refractivity contribution in [3.8, 4) is 11.8 Å². The lowest BCUT2D eigenvalue weighted by atomic mass is 10.1. The number of anilines is 1. The number of rotatable bonds is 6. The van der Waals surface area contributed by atoms with Crippen LogP contribution in [0, 0.1) is 31.0 Å². The van der Waals surface area contributed by atoms with Crippen LogP contribution in [0.1, 0.15) is 17.0 Å². The first-order chi connectivity index (χ1) is 14.8. The van der Waals surface area contributed by atoms with Crippen molar-refractivity contribution in [1.29, 1.82) is 5.26 Å². The van der Waals surface area contributed by atoms with Crippen LogP contribution in [-0.4, -0.2) is 16.2 Å². The fourth-order valence-corrected chi connectivity index (χ4v) is 3.66. The first-order valence-electron chi connectivity index (χ1n) is 9.22. The van der Waals surface area contributed by atoms with Crippen LogP contribution in [0.4, 0.5) is 18.9 Å². The Bertz CT molecular complexity index is 1180. The predicted molar refractivity (Wildman–Crippen MR) is 116 cm³/mol. The highest BCUT2D eigenvalue weighted by molar-refractivity contribution is 7.99. The summed E-state index contributed by atoms with van der Waals surface area (Å²) in [6, 6.07) is 15.9. The summed E-state index contributed by atoms with van der Waals surface area (Å²) in [5, 5.41) is 12.1. The van der Waals surface area contributed by atoms with Gasteiger partial charge in [0.15, 0.2) is 0 Å². The minimum Gasteiger partial charge on any atom is -0.321 e. The number of para-hydroxylation sites is 1. The Balaban J connectivity index is 1.85. The Labute approximate surface area is 182 Å². The molecule has 0 atom stereocenters. The molecular formula is C23H18F3N3OS. The van der Waals surface area contributed by atoms with Crippen molar-refractivity contribution in [2.75, 3.05) is 5.32 Å². The number of carbonyl (C=O) groups is 1. The quantitative estimate of drug-likeness (QED) is 0.286. The summed E-state index contributed by atoms with van der Waals surface area (Å²) in [5.41, 5.74) is 2.65. The highest BCUT2D eigenvalue weighted by atomic mass is 32.2. The molecular weight excluding hydrogens is 423 g/mol. The number of carbonyl (C=O) groups excluding carboxylic acids is 1. The lowest BCUT2D eigenvalue weighted by molar-refractivity contribution is -0.112. The number of aromatic nitrogens is 1. The molecule has 8 heteroatoms. The number of nitrogens with one attached hydrogen (secondary N) is 1. The smallest absolute Gasteiger partial charge is 0.288 e. The first kappa shape index (κ1) is 22.2. The fraction of sp³-hybridized carbons (Fsp3) is 0.130. The second kappa shape index (κ2) is 9.58. The minimum atomic E-state index is -2.53. The van der Waals surface area contributed by atoms with Gasteiger partial charge in [-0.3, -0.25) is 4.79 Å². The molecule has 3 aromatic rings. The topological polar surface area (TPSA) is 57.8 Å². The van der Waals surface area contributed by atoms with Crippen LogP contribution in [0.25, 0.3) is 11.8 Å². The Hall–Kier alpha value is -3.44. The molecule has 0 aliphatic carbocycles. The predicted octanol–water partition coefficient (Wildman–Crippen LogP) is 6.09. The van der Waals surface area contributed by atoms with Crippen LogP contribution in [0.5, 0.6) is 0 Å². The molecule has 0 aliphatic heterocycles. The molecule has 31 heavy (non-hydrogen) atoms. The van der Waals surface area contributed by atoms with Crippen LogP contribution < -0.4 is 5.32 Å². The standard InChI is InChI=1S/C23H18F3N3OS/c1-14-11-16(15(2)29(14)21-6-4-3-5-20(21)24)12-17(13-27)22(30)28-18-7-9-19(10-8-18)31-23(25)26/h3-12,23H,1-2H3,(H,28,30)/b17-12+. The first-order valence-corrected chi connectivity index (χ1v) is 10.1. The van der Waals surface area contributed by atoms with E-state index in [0.29, 0.717) is 39.3 Å². The van der Waals surface area contributed by atoms with Crippen molar-refractivity contribution in [1.82, 2.24) is 4.57 Å². The Morgan fingerprint density at radius 1 is 1.16 bits per heavy atom. The summed E-state index contributed by atoms with van der Waals surface area (Å²) in [5.74, 6) is -3.55. The van der Waals surface area contributed by atoms with E-state index in [4.69, 9.17) is 0 Å². The lowest BCUT2D eigenvalue weighted by Crippen LogP contribution is -2.13. The summed E-state index contributed by atoms with van der Waals surface area (Å²) in [7, 11) is 0. The van der Waals surface area contributed by atoms with Gasteiger partial charge in [0.25, 0.3) is 11.7 Å². The van der Waals surface area contributed by atoms with Crippen LogP contribution in [0.2, 0.25) is 0 Å². The SMILES string of the molecule is Cc1cc(/C=C(\C#N)C(=O)Nc2ccc(SC(F)F)cc2)c(C)n1-c1ccccc1F. The number of nitrogens with zero attached hydrogens (tertiary/aromatic N) is 2. The number of aryl methyl sites for hydroxylation is 1. The van der Waals surface area contributed by atoms with Gasteiger partial charge >= 0.3 is 0 Å². The van der Waals surface area contributed by atoms with E-state index in [1.165, 1.54) is 36.4 Å². The number of benzene rings is 2. The summed E-state index contributed by atoms with van der Waals surface area (Å²) in [6.45, 7) is 3.58. The molecule has 0 unspecified atom stereocenters. The molecule has 0 radical (unpaired) electrons. The number of amides is 1. The highest BCUT2D eigenvalue weighted by Crippen LogP contribution is 2.27. The van der Waals surface area contributed by atoms with Crippen molar-refractivity contribution in [3.63, 3.8) is 0 Å². The molecule has 0 bridgehead atoms. The maximum Gasteiger partial charge on any atom is 0.288 e. The molecule has 4 nitrogen and oxygen atoms in total. The van der Waals surface area contributed by atoms with Gasteiger partial charge in [-0.15, -0.1) is 0 Å². The van der Waals surface area contributed by atoms with Crippen molar-refractivity contribution < 1.29 is 18.0 Å². The molecule has 0 spiro atoms. The van der Waals surface area contributed by atoms with E-state index >= 15 is 0 Å². The average Bonchev–Trinajstić information content (AvgIpc) is 3.00. The molecule has 0 fully saturated rings. The van der Waals surface area contributed by atoms with Crippen LogP contribution in [0.15, 0.2) is 65.1 Å². The third-order valence-corrected chi connectivity index (χ3v) is 5.29. The highest BCUT2D eigenvalue weighted by Gasteiger charge is 2.15. The Morgan fingerprint density at radius 2 is 1.84 bits per heavy atom. The number of thioether (sulfide) groups is 1. The van der Waals surface area contributed by atoms with E-state index in [-0.39, 0.29) is 11.4 Å². The van der Waals surface area contributed by atoms with E-state index in [0.717, 1.165) is 5.69 Å². The summed E-state index contributed by atoms with van der Waals surface area (Å²) in [4.78, 5) is 12.9. The van der Waals surface area contributed by atoms with Gasteiger partial charge in [0.2, 0.25) is 0 Å². The summed E-state index contributed by atoms with van der Waals surface area (Å²) >= 11 is 0.404. The third kappa shape index (κ3) is 5.19. The third-order valence-electron chi connectivity index (χ3n) is 4.57. The van der Waals surface area contributed by atoms with Crippen molar-refractivity contribution in [2.45, 2.75) is 24.5 Å². The summed E-state index contributed by atoms with van der Waals surface area (Å²) in [6.07, 6.45) is 1.44. The molecule has 0 saturated heterocycles. The zero-order valence-electron chi connectivity index (χ0n) is 16.7. The minimum absolute atomic E-state index is 0.139. The molecule has 1 aromatic heterocycles. The number of hydrogen-bond donors (Lipinski definition) is 1. The van der Waals surface area contributed by atoms with Crippen LogP contribution >= 0.6 is 11.8 Å². The molecule has 0 saturated carbocycles.